The van der Waals surface area contributed by atoms with Crippen LogP contribution in [0.5, 0.6) is 0 Å². The zero-order valence-corrected chi connectivity index (χ0v) is 38.7. The van der Waals surface area contributed by atoms with Gasteiger partial charge in [-0.3, -0.25) is 9.59 Å². The highest BCUT2D eigenvalue weighted by molar-refractivity contribution is 5.70. The quantitative estimate of drug-likeness (QED) is 0.0265. The standard InChI is InChI=1S/C51H90O10/c1-3-5-7-9-11-13-15-17-18-19-20-21-22-23-24-25-26-28-29-31-33-35-37-39-46(53)58-42-44(43-59-51-50(57)49(56)48(55)45(41-52)61-51)60-47(54)40-38-36-34-32-30-27-16-14-12-10-8-6-4-2/h6,8,10,12,14,16,27,30,44-45,48-52,55-57H,3-5,7,9,11,13,15,17-26,28-29,31-43H2,1-2H3/b8-6+,12-10+,16-14+,30-27+/t44?,45-,48+,49?,50?,51-/m0/s1. The van der Waals surface area contributed by atoms with Crippen molar-refractivity contribution in [3.05, 3.63) is 48.6 Å². The molecule has 6 atom stereocenters. The summed E-state index contributed by atoms with van der Waals surface area (Å²) in [6.07, 6.45) is 42.8. The number of carbonyl (C=O) groups excluding carboxylic acids is 2. The van der Waals surface area contributed by atoms with Crippen LogP contribution in [0.25, 0.3) is 0 Å². The van der Waals surface area contributed by atoms with Gasteiger partial charge < -0.3 is 39.4 Å². The normalized spacial score (nSPS) is 20.1. The largest absolute Gasteiger partial charge is 0.462 e. The fraction of sp³-hybridized carbons (Fsp3) is 0.804. The van der Waals surface area contributed by atoms with Crippen molar-refractivity contribution in [2.45, 2.75) is 243 Å². The summed E-state index contributed by atoms with van der Waals surface area (Å²) >= 11 is 0. The smallest absolute Gasteiger partial charge is 0.306 e. The third kappa shape index (κ3) is 32.9. The Morgan fingerprint density at radius 1 is 0.525 bits per heavy atom. The Morgan fingerprint density at radius 3 is 1.46 bits per heavy atom. The summed E-state index contributed by atoms with van der Waals surface area (Å²) < 4.78 is 22.1. The number of ether oxygens (including phenoxy) is 4. The van der Waals surface area contributed by atoms with Crippen LogP contribution in [0.3, 0.4) is 0 Å². The van der Waals surface area contributed by atoms with Crippen LogP contribution in [0.2, 0.25) is 0 Å². The predicted octanol–water partition coefficient (Wildman–Crippen LogP) is 11.2. The second kappa shape index (κ2) is 41.7. The Hall–Kier alpha value is -2.34. The average molecular weight is 863 g/mol. The lowest BCUT2D eigenvalue weighted by molar-refractivity contribution is -0.305. The molecule has 1 aliphatic heterocycles. The Bertz CT molecular complexity index is 1130. The van der Waals surface area contributed by atoms with E-state index < -0.39 is 49.4 Å². The zero-order valence-electron chi connectivity index (χ0n) is 38.7. The molecule has 0 bridgehead atoms. The van der Waals surface area contributed by atoms with Crippen molar-refractivity contribution in [1.29, 1.82) is 0 Å². The molecule has 61 heavy (non-hydrogen) atoms. The molecule has 1 saturated heterocycles. The summed E-state index contributed by atoms with van der Waals surface area (Å²) in [5.41, 5.74) is 0. The maximum atomic E-state index is 12.8. The van der Waals surface area contributed by atoms with Gasteiger partial charge in [0.1, 0.15) is 31.0 Å². The molecule has 0 saturated carbocycles. The lowest BCUT2D eigenvalue weighted by atomic mass is 9.99. The van der Waals surface area contributed by atoms with E-state index in [9.17, 15) is 30.0 Å². The lowest BCUT2D eigenvalue weighted by Crippen LogP contribution is -2.59. The maximum absolute atomic E-state index is 12.8. The van der Waals surface area contributed by atoms with Crippen molar-refractivity contribution in [3.8, 4) is 0 Å². The molecule has 0 aromatic carbocycles. The summed E-state index contributed by atoms with van der Waals surface area (Å²) in [5, 5.41) is 40.1. The van der Waals surface area contributed by atoms with Gasteiger partial charge >= 0.3 is 11.9 Å². The van der Waals surface area contributed by atoms with Gasteiger partial charge in [-0.15, -0.1) is 0 Å². The summed E-state index contributed by atoms with van der Waals surface area (Å²) in [6.45, 7) is 3.26. The average Bonchev–Trinajstić information content (AvgIpc) is 3.26. The minimum Gasteiger partial charge on any atom is -0.462 e. The lowest BCUT2D eigenvalue weighted by Gasteiger charge is -2.39. The number of unbranched alkanes of at least 4 members (excludes halogenated alkanes) is 25. The van der Waals surface area contributed by atoms with Gasteiger partial charge in [-0.1, -0.05) is 210 Å². The van der Waals surface area contributed by atoms with Crippen LogP contribution in [0.4, 0.5) is 0 Å². The van der Waals surface area contributed by atoms with Gasteiger partial charge in [0, 0.05) is 12.8 Å². The summed E-state index contributed by atoms with van der Waals surface area (Å²) in [7, 11) is 0. The molecule has 4 N–H and O–H groups in total. The predicted molar refractivity (Wildman–Crippen MR) is 247 cm³/mol. The number of hydrogen-bond acceptors (Lipinski definition) is 10. The Labute approximate surface area is 371 Å². The van der Waals surface area contributed by atoms with Gasteiger partial charge in [0.15, 0.2) is 12.4 Å². The second-order valence-electron chi connectivity index (χ2n) is 17.0. The van der Waals surface area contributed by atoms with Crippen LogP contribution in [0, 0.1) is 0 Å². The minimum absolute atomic E-state index is 0.184. The molecule has 0 aliphatic carbocycles. The number of carbonyl (C=O) groups is 2. The van der Waals surface area contributed by atoms with E-state index in [0.29, 0.717) is 6.42 Å². The van der Waals surface area contributed by atoms with E-state index in [4.69, 9.17) is 18.9 Å². The van der Waals surface area contributed by atoms with E-state index in [1.54, 1.807) is 0 Å². The molecule has 3 unspecified atom stereocenters. The first kappa shape index (κ1) is 56.7. The van der Waals surface area contributed by atoms with Crippen LogP contribution in [0.1, 0.15) is 206 Å². The van der Waals surface area contributed by atoms with E-state index in [1.807, 2.05) is 36.5 Å². The SMILES string of the molecule is CC/C=C/C=C/C=C/C=C/CCCCCC(=O)OC(COC(=O)CCCCCCCCCCCCCCCCCCCCCCCCC)CO[C@H]1O[C@@H](CO)[C@@H](O)C(O)C1O. The van der Waals surface area contributed by atoms with Crippen LogP contribution in [-0.4, -0.2) is 89.0 Å². The highest BCUT2D eigenvalue weighted by atomic mass is 16.7. The Balaban J connectivity index is 2.23. The van der Waals surface area contributed by atoms with Gasteiger partial charge in [0.2, 0.25) is 0 Å². The second-order valence-corrected chi connectivity index (χ2v) is 17.0. The maximum Gasteiger partial charge on any atom is 0.306 e. The highest BCUT2D eigenvalue weighted by Crippen LogP contribution is 2.23. The summed E-state index contributed by atoms with van der Waals surface area (Å²) in [4.78, 5) is 25.4. The number of esters is 2. The van der Waals surface area contributed by atoms with Crippen LogP contribution in [0.15, 0.2) is 48.6 Å². The Morgan fingerprint density at radius 2 is 0.967 bits per heavy atom. The molecule has 0 radical (unpaired) electrons. The fourth-order valence-corrected chi connectivity index (χ4v) is 7.44. The number of rotatable bonds is 41. The number of aliphatic hydroxyl groups is 4. The van der Waals surface area contributed by atoms with Gasteiger partial charge in [-0.05, 0) is 32.1 Å². The first-order valence-electron chi connectivity index (χ1n) is 24.8. The van der Waals surface area contributed by atoms with E-state index in [0.717, 1.165) is 44.9 Å². The van der Waals surface area contributed by atoms with Gasteiger partial charge in [-0.25, -0.2) is 0 Å². The van der Waals surface area contributed by atoms with Crippen LogP contribution >= 0.6 is 0 Å². The molecule has 0 amide bonds. The van der Waals surface area contributed by atoms with Crippen molar-refractivity contribution in [3.63, 3.8) is 0 Å². The van der Waals surface area contributed by atoms with Gasteiger partial charge in [0.05, 0.1) is 13.2 Å². The van der Waals surface area contributed by atoms with Crippen molar-refractivity contribution in [1.82, 2.24) is 0 Å². The van der Waals surface area contributed by atoms with E-state index >= 15 is 0 Å². The van der Waals surface area contributed by atoms with Crippen LogP contribution < -0.4 is 0 Å². The van der Waals surface area contributed by atoms with Gasteiger partial charge in [0.25, 0.3) is 0 Å². The molecule has 1 heterocycles. The molecule has 0 spiro atoms. The monoisotopic (exact) mass is 863 g/mol. The van der Waals surface area contributed by atoms with Crippen molar-refractivity contribution >= 4 is 11.9 Å². The van der Waals surface area contributed by atoms with Crippen molar-refractivity contribution < 1.29 is 49.0 Å². The van der Waals surface area contributed by atoms with Crippen LogP contribution in [-0.2, 0) is 28.5 Å². The molecular formula is C51H90O10. The number of allylic oxidation sites excluding steroid dienone is 8. The topological polar surface area (TPSA) is 152 Å². The highest BCUT2D eigenvalue weighted by Gasteiger charge is 2.44. The summed E-state index contributed by atoms with van der Waals surface area (Å²) in [6, 6.07) is 0. The van der Waals surface area contributed by atoms with E-state index in [2.05, 4.69) is 26.0 Å². The van der Waals surface area contributed by atoms with Crippen molar-refractivity contribution in [2.75, 3.05) is 19.8 Å². The molecule has 10 heteroatoms. The molecule has 1 aliphatic rings. The third-order valence-electron chi connectivity index (χ3n) is 11.3. The fourth-order valence-electron chi connectivity index (χ4n) is 7.44. The minimum atomic E-state index is -1.60. The molecule has 0 aromatic rings. The molecule has 0 aromatic heterocycles. The van der Waals surface area contributed by atoms with Gasteiger partial charge in [-0.2, -0.15) is 0 Å². The molecule has 1 rings (SSSR count). The van der Waals surface area contributed by atoms with E-state index in [-0.39, 0.29) is 32.0 Å². The first-order valence-corrected chi connectivity index (χ1v) is 24.8. The summed E-state index contributed by atoms with van der Waals surface area (Å²) in [5.74, 6) is -0.847. The molecular weight excluding hydrogens is 773 g/mol. The van der Waals surface area contributed by atoms with E-state index in [1.165, 1.54) is 128 Å². The molecule has 10 nitrogen and oxygen atoms in total. The first-order chi connectivity index (χ1) is 29.8. The molecule has 1 fully saturated rings. The Kier molecular flexibility index (Phi) is 38.7. The number of aliphatic hydroxyl groups excluding tert-OH is 4. The number of hydrogen-bond donors (Lipinski definition) is 4. The van der Waals surface area contributed by atoms with Crippen molar-refractivity contribution in [2.24, 2.45) is 0 Å². The zero-order chi connectivity index (χ0) is 44.4. The third-order valence-corrected chi connectivity index (χ3v) is 11.3. The molecule has 354 valence electrons.